The number of halogens is 4. The number of ether oxygens (including phenoxy) is 1. The maximum Gasteiger partial charge on any atom is 0.523 e. The summed E-state index contributed by atoms with van der Waals surface area (Å²) in [6.45, 7) is 2.08. The van der Waals surface area contributed by atoms with Gasteiger partial charge >= 0.3 is 18.3 Å². The number of hydrogen-bond donors (Lipinski definition) is 2. The standard InChI is InChI=1S/C11H10BrF3O5/c1-4-5(8(16)17)3-6(12)10(2,7(4)9(18)19)20-11(13,14)15/h3,7H,1-2H3,(H,16,17)(H,18,19). The topological polar surface area (TPSA) is 83.8 Å². The normalized spacial score (nSPS) is 27.3. The van der Waals surface area contributed by atoms with Crippen LogP contribution in [-0.4, -0.2) is 34.1 Å². The van der Waals surface area contributed by atoms with Crippen LogP contribution in [0.1, 0.15) is 13.8 Å². The van der Waals surface area contributed by atoms with Crippen molar-refractivity contribution in [3.05, 3.63) is 21.7 Å². The fourth-order valence-corrected chi connectivity index (χ4v) is 2.63. The van der Waals surface area contributed by atoms with Gasteiger partial charge in [0.1, 0.15) is 11.5 Å². The molecule has 0 amide bonds. The van der Waals surface area contributed by atoms with E-state index in [1.807, 2.05) is 0 Å². The summed E-state index contributed by atoms with van der Waals surface area (Å²) in [6.07, 6.45) is -4.15. The van der Waals surface area contributed by atoms with E-state index in [1.54, 1.807) is 0 Å². The fourth-order valence-electron chi connectivity index (χ4n) is 2.09. The van der Waals surface area contributed by atoms with Crippen molar-refractivity contribution in [3.63, 3.8) is 0 Å². The molecular weight excluding hydrogens is 349 g/mol. The highest BCUT2D eigenvalue weighted by molar-refractivity contribution is 9.11. The van der Waals surface area contributed by atoms with Crippen molar-refractivity contribution in [2.75, 3.05) is 0 Å². The highest BCUT2D eigenvalue weighted by Gasteiger charge is 2.53. The molecule has 20 heavy (non-hydrogen) atoms. The molecule has 0 radical (unpaired) electrons. The molecule has 1 aliphatic carbocycles. The van der Waals surface area contributed by atoms with Gasteiger partial charge in [-0.3, -0.25) is 9.53 Å². The molecular formula is C11H10BrF3O5. The molecule has 9 heteroatoms. The summed E-state index contributed by atoms with van der Waals surface area (Å²) in [6, 6.07) is 0. The van der Waals surface area contributed by atoms with Gasteiger partial charge in [-0.1, -0.05) is 15.9 Å². The van der Waals surface area contributed by atoms with Crippen molar-refractivity contribution in [3.8, 4) is 0 Å². The molecule has 0 heterocycles. The van der Waals surface area contributed by atoms with Gasteiger partial charge in [-0.2, -0.15) is 0 Å². The molecule has 0 saturated heterocycles. The Labute approximate surface area is 119 Å². The Bertz CT molecular complexity index is 523. The SMILES string of the molecule is CC1=C(C(=O)O)C=C(Br)C(C)(OC(F)(F)F)C1C(=O)O. The van der Waals surface area contributed by atoms with Crippen LogP contribution in [-0.2, 0) is 14.3 Å². The average Bonchev–Trinajstić information content (AvgIpc) is 2.19. The Morgan fingerprint density at radius 1 is 1.40 bits per heavy atom. The van der Waals surface area contributed by atoms with Crippen molar-refractivity contribution >= 4 is 27.9 Å². The molecule has 0 aromatic carbocycles. The van der Waals surface area contributed by atoms with E-state index < -0.39 is 29.8 Å². The van der Waals surface area contributed by atoms with Crippen molar-refractivity contribution in [1.29, 1.82) is 0 Å². The summed E-state index contributed by atoms with van der Waals surface area (Å²) < 4.78 is 41.1. The lowest BCUT2D eigenvalue weighted by molar-refractivity contribution is -0.360. The molecule has 0 saturated carbocycles. The number of carboxylic acid groups (broad SMARTS) is 2. The molecule has 0 fully saturated rings. The predicted molar refractivity (Wildman–Crippen MR) is 64.0 cm³/mol. The zero-order chi connectivity index (χ0) is 15.9. The van der Waals surface area contributed by atoms with E-state index in [0.717, 1.165) is 19.9 Å². The molecule has 0 spiro atoms. The van der Waals surface area contributed by atoms with Crippen molar-refractivity contribution in [2.45, 2.75) is 25.8 Å². The second-order valence-electron chi connectivity index (χ2n) is 4.32. The van der Waals surface area contributed by atoms with Crippen molar-refractivity contribution in [1.82, 2.24) is 0 Å². The van der Waals surface area contributed by atoms with E-state index in [1.165, 1.54) is 0 Å². The first-order valence-corrected chi connectivity index (χ1v) is 6.01. The zero-order valence-corrected chi connectivity index (χ0v) is 11.9. The third kappa shape index (κ3) is 3.04. The van der Waals surface area contributed by atoms with Crippen LogP contribution in [0, 0.1) is 5.92 Å². The summed E-state index contributed by atoms with van der Waals surface area (Å²) in [4.78, 5) is 22.3. The van der Waals surface area contributed by atoms with Crippen LogP contribution in [0.15, 0.2) is 21.7 Å². The van der Waals surface area contributed by atoms with Gasteiger partial charge in [0.05, 0.1) is 5.57 Å². The maximum absolute atomic E-state index is 12.5. The lowest BCUT2D eigenvalue weighted by Gasteiger charge is -2.39. The summed E-state index contributed by atoms with van der Waals surface area (Å²) in [5.74, 6) is -4.83. The van der Waals surface area contributed by atoms with Gasteiger partial charge in [-0.15, -0.1) is 13.2 Å². The predicted octanol–water partition coefficient (Wildman–Crippen LogP) is 2.68. The second kappa shape index (κ2) is 5.21. The van der Waals surface area contributed by atoms with E-state index in [2.05, 4.69) is 20.7 Å². The number of carboxylic acids is 2. The van der Waals surface area contributed by atoms with Crippen LogP contribution < -0.4 is 0 Å². The van der Waals surface area contributed by atoms with Gasteiger partial charge in [0.15, 0.2) is 0 Å². The van der Waals surface area contributed by atoms with E-state index in [-0.39, 0.29) is 15.6 Å². The molecule has 2 atom stereocenters. The third-order valence-corrected chi connectivity index (χ3v) is 3.98. The Morgan fingerprint density at radius 2 is 1.90 bits per heavy atom. The first-order chi connectivity index (χ1) is 8.90. The minimum atomic E-state index is -5.07. The van der Waals surface area contributed by atoms with Gasteiger partial charge in [0.2, 0.25) is 0 Å². The van der Waals surface area contributed by atoms with Gasteiger partial charge in [0.25, 0.3) is 0 Å². The minimum absolute atomic E-state index is 0.222. The minimum Gasteiger partial charge on any atom is -0.481 e. The number of alkyl halides is 3. The smallest absolute Gasteiger partial charge is 0.481 e. The van der Waals surface area contributed by atoms with E-state index in [4.69, 9.17) is 10.2 Å². The molecule has 2 unspecified atom stereocenters. The Morgan fingerprint density at radius 3 is 2.25 bits per heavy atom. The lowest BCUT2D eigenvalue weighted by Crippen LogP contribution is -2.48. The van der Waals surface area contributed by atoms with E-state index >= 15 is 0 Å². The molecule has 0 aliphatic heterocycles. The van der Waals surface area contributed by atoms with Crippen LogP contribution in [0.2, 0.25) is 0 Å². The van der Waals surface area contributed by atoms with E-state index in [0.29, 0.717) is 0 Å². The first kappa shape index (κ1) is 16.7. The largest absolute Gasteiger partial charge is 0.523 e. The van der Waals surface area contributed by atoms with Crippen molar-refractivity contribution in [2.24, 2.45) is 5.92 Å². The Hall–Kier alpha value is -1.35. The molecule has 1 aliphatic rings. The van der Waals surface area contributed by atoms with Gasteiger partial charge < -0.3 is 10.2 Å². The highest BCUT2D eigenvalue weighted by Crippen LogP contribution is 2.46. The highest BCUT2D eigenvalue weighted by atomic mass is 79.9. The molecule has 1 rings (SSSR count). The summed E-state index contributed by atoms with van der Waals surface area (Å²) in [7, 11) is 0. The maximum atomic E-state index is 12.5. The fraction of sp³-hybridized carbons (Fsp3) is 0.455. The van der Waals surface area contributed by atoms with Gasteiger partial charge in [-0.25, -0.2) is 4.79 Å². The Balaban J connectivity index is 3.45. The molecule has 5 nitrogen and oxygen atoms in total. The first-order valence-electron chi connectivity index (χ1n) is 5.21. The summed E-state index contributed by atoms with van der Waals surface area (Å²) in [5, 5.41) is 18.1. The van der Waals surface area contributed by atoms with Crippen molar-refractivity contribution < 1.29 is 37.7 Å². The molecule has 0 aromatic rings. The van der Waals surface area contributed by atoms with Crippen LogP contribution in [0.25, 0.3) is 0 Å². The van der Waals surface area contributed by atoms with E-state index in [9.17, 15) is 22.8 Å². The number of rotatable bonds is 3. The van der Waals surface area contributed by atoms with Crippen LogP contribution in [0.4, 0.5) is 13.2 Å². The van der Waals surface area contributed by atoms with Gasteiger partial charge in [0, 0.05) is 4.48 Å². The number of hydrogen-bond acceptors (Lipinski definition) is 3. The molecule has 2 N–H and O–H groups in total. The van der Waals surface area contributed by atoms with Crippen LogP contribution >= 0.6 is 15.9 Å². The molecule has 0 aromatic heterocycles. The summed E-state index contributed by atoms with van der Waals surface area (Å²) >= 11 is 2.78. The number of aliphatic carboxylic acids is 2. The Kier molecular flexibility index (Phi) is 4.35. The zero-order valence-electron chi connectivity index (χ0n) is 10.3. The van der Waals surface area contributed by atoms with Crippen LogP contribution in [0.3, 0.4) is 0 Å². The van der Waals surface area contributed by atoms with Gasteiger partial charge in [-0.05, 0) is 25.5 Å². The lowest BCUT2D eigenvalue weighted by atomic mass is 9.77. The molecule has 0 bridgehead atoms. The molecule has 112 valence electrons. The monoisotopic (exact) mass is 358 g/mol. The second-order valence-corrected chi connectivity index (χ2v) is 5.17. The van der Waals surface area contributed by atoms with Crippen LogP contribution in [0.5, 0.6) is 0 Å². The summed E-state index contributed by atoms with van der Waals surface area (Å²) in [5.41, 5.74) is -2.87. The number of carbonyl (C=O) groups is 2. The third-order valence-electron chi connectivity index (χ3n) is 2.96. The average molecular weight is 359 g/mol. The quantitative estimate of drug-likeness (QED) is 0.810.